The summed E-state index contributed by atoms with van der Waals surface area (Å²) in [5.74, 6) is -0.644. The average molecular weight is 249 g/mol. The quantitative estimate of drug-likeness (QED) is 0.820. The van der Waals surface area contributed by atoms with Crippen molar-refractivity contribution >= 4 is 5.95 Å². The highest BCUT2D eigenvalue weighted by atomic mass is 19.4. The SMILES string of the molecule is NCC1CCCN(c2n[nH]c(C(F)(F)F)n2)C1. The van der Waals surface area contributed by atoms with Crippen molar-refractivity contribution in [2.45, 2.75) is 19.0 Å². The molecule has 0 bridgehead atoms. The number of hydrogen-bond donors (Lipinski definition) is 2. The van der Waals surface area contributed by atoms with Crippen LogP contribution in [0.5, 0.6) is 0 Å². The Labute approximate surface area is 96.2 Å². The van der Waals surface area contributed by atoms with Crippen molar-refractivity contribution in [2.24, 2.45) is 11.7 Å². The molecule has 1 aromatic rings. The van der Waals surface area contributed by atoms with Gasteiger partial charge in [0.15, 0.2) is 0 Å². The van der Waals surface area contributed by atoms with Crippen molar-refractivity contribution in [3.63, 3.8) is 0 Å². The zero-order valence-electron chi connectivity index (χ0n) is 9.17. The number of halogens is 3. The molecule has 1 saturated heterocycles. The molecule has 8 heteroatoms. The van der Waals surface area contributed by atoms with E-state index in [0.717, 1.165) is 12.8 Å². The number of H-pyrrole nitrogens is 1. The van der Waals surface area contributed by atoms with E-state index in [0.29, 0.717) is 25.6 Å². The number of alkyl halides is 3. The number of nitrogens with one attached hydrogen (secondary N) is 1. The maximum absolute atomic E-state index is 12.3. The van der Waals surface area contributed by atoms with E-state index in [-0.39, 0.29) is 5.95 Å². The number of rotatable bonds is 2. The van der Waals surface area contributed by atoms with Crippen LogP contribution >= 0.6 is 0 Å². The van der Waals surface area contributed by atoms with Gasteiger partial charge in [0.25, 0.3) is 0 Å². The number of aromatic nitrogens is 3. The summed E-state index contributed by atoms with van der Waals surface area (Å²) >= 11 is 0. The highest BCUT2D eigenvalue weighted by Gasteiger charge is 2.36. The van der Waals surface area contributed by atoms with Crippen LogP contribution in [-0.4, -0.2) is 34.8 Å². The van der Waals surface area contributed by atoms with Gasteiger partial charge in [-0.15, -0.1) is 5.10 Å². The molecule has 0 radical (unpaired) electrons. The van der Waals surface area contributed by atoms with Crippen molar-refractivity contribution < 1.29 is 13.2 Å². The van der Waals surface area contributed by atoms with Gasteiger partial charge in [0.2, 0.25) is 11.8 Å². The van der Waals surface area contributed by atoms with Crippen molar-refractivity contribution in [1.82, 2.24) is 15.2 Å². The Morgan fingerprint density at radius 1 is 1.47 bits per heavy atom. The zero-order valence-corrected chi connectivity index (χ0v) is 9.17. The predicted octanol–water partition coefficient (Wildman–Crippen LogP) is 0.999. The second-order valence-electron chi connectivity index (χ2n) is 4.17. The number of nitrogens with two attached hydrogens (primary N) is 1. The topological polar surface area (TPSA) is 70.8 Å². The summed E-state index contributed by atoms with van der Waals surface area (Å²) in [6, 6.07) is 0. The van der Waals surface area contributed by atoms with Crippen LogP contribution in [0.15, 0.2) is 0 Å². The number of nitrogens with zero attached hydrogens (tertiary/aromatic N) is 3. The molecule has 3 N–H and O–H groups in total. The molecule has 1 aliphatic rings. The van der Waals surface area contributed by atoms with E-state index < -0.39 is 12.0 Å². The highest BCUT2D eigenvalue weighted by molar-refractivity contribution is 5.29. The fourth-order valence-electron chi connectivity index (χ4n) is 1.96. The maximum Gasteiger partial charge on any atom is 0.451 e. The van der Waals surface area contributed by atoms with Crippen LogP contribution in [0.1, 0.15) is 18.7 Å². The minimum atomic E-state index is -4.48. The Kier molecular flexibility index (Phi) is 3.23. The van der Waals surface area contributed by atoms with Gasteiger partial charge in [0.05, 0.1) is 0 Å². The standard InChI is InChI=1S/C9H14F3N5/c10-9(11,12)7-14-8(16-15-7)17-3-1-2-6(4-13)5-17/h6H,1-5,13H2,(H,14,15,16). The molecular weight excluding hydrogens is 235 g/mol. The van der Waals surface area contributed by atoms with Gasteiger partial charge >= 0.3 is 6.18 Å². The van der Waals surface area contributed by atoms with E-state index in [9.17, 15) is 13.2 Å². The molecule has 1 aliphatic heterocycles. The van der Waals surface area contributed by atoms with Gasteiger partial charge in [-0.2, -0.15) is 18.2 Å². The molecule has 0 saturated carbocycles. The normalized spacial score (nSPS) is 21.9. The Morgan fingerprint density at radius 3 is 2.82 bits per heavy atom. The smallest absolute Gasteiger partial charge is 0.339 e. The number of aromatic amines is 1. The summed E-state index contributed by atoms with van der Waals surface area (Å²) in [4.78, 5) is 5.21. The van der Waals surface area contributed by atoms with Crippen molar-refractivity contribution in [1.29, 1.82) is 0 Å². The van der Waals surface area contributed by atoms with Gasteiger partial charge in [-0.1, -0.05) is 0 Å². The Bertz CT molecular complexity index is 375. The number of anilines is 1. The van der Waals surface area contributed by atoms with Gasteiger partial charge < -0.3 is 10.6 Å². The largest absolute Gasteiger partial charge is 0.451 e. The number of piperidine rings is 1. The van der Waals surface area contributed by atoms with E-state index in [1.165, 1.54) is 0 Å². The molecule has 1 unspecified atom stereocenters. The first kappa shape index (κ1) is 12.2. The summed E-state index contributed by atoms with van der Waals surface area (Å²) in [5.41, 5.74) is 5.56. The van der Waals surface area contributed by atoms with E-state index in [4.69, 9.17) is 5.73 Å². The molecule has 0 aliphatic carbocycles. The van der Waals surface area contributed by atoms with E-state index in [1.807, 2.05) is 5.10 Å². The summed E-state index contributed by atoms with van der Waals surface area (Å²) in [6.45, 7) is 1.82. The van der Waals surface area contributed by atoms with Crippen LogP contribution in [0.2, 0.25) is 0 Å². The van der Waals surface area contributed by atoms with Gasteiger partial charge in [-0.25, -0.2) is 0 Å². The number of hydrogen-bond acceptors (Lipinski definition) is 4. The average Bonchev–Trinajstić information content (AvgIpc) is 2.78. The molecule has 0 aromatic carbocycles. The first-order valence-corrected chi connectivity index (χ1v) is 5.45. The van der Waals surface area contributed by atoms with Gasteiger partial charge in [-0.3, -0.25) is 5.10 Å². The lowest BCUT2D eigenvalue weighted by molar-refractivity contribution is -0.144. The molecule has 5 nitrogen and oxygen atoms in total. The first-order valence-electron chi connectivity index (χ1n) is 5.45. The predicted molar refractivity (Wildman–Crippen MR) is 55.4 cm³/mol. The van der Waals surface area contributed by atoms with Crippen molar-refractivity contribution in [3.05, 3.63) is 5.82 Å². The molecule has 0 amide bonds. The van der Waals surface area contributed by atoms with E-state index in [2.05, 4.69) is 10.1 Å². The highest BCUT2D eigenvalue weighted by Crippen LogP contribution is 2.28. The first-order chi connectivity index (χ1) is 8.00. The van der Waals surface area contributed by atoms with Crippen molar-refractivity contribution in [3.8, 4) is 0 Å². The lowest BCUT2D eigenvalue weighted by Gasteiger charge is -2.31. The molecular formula is C9H14F3N5. The molecule has 96 valence electrons. The monoisotopic (exact) mass is 249 g/mol. The molecule has 2 rings (SSSR count). The van der Waals surface area contributed by atoms with E-state index in [1.54, 1.807) is 4.90 Å². The van der Waals surface area contributed by atoms with E-state index >= 15 is 0 Å². The van der Waals surface area contributed by atoms with Gasteiger partial charge in [0.1, 0.15) is 0 Å². The Hall–Kier alpha value is -1.31. The summed E-state index contributed by atoms with van der Waals surface area (Å²) < 4.78 is 37.0. The lowest BCUT2D eigenvalue weighted by atomic mass is 9.99. The van der Waals surface area contributed by atoms with Crippen LogP contribution in [0.25, 0.3) is 0 Å². The lowest BCUT2D eigenvalue weighted by Crippen LogP contribution is -2.39. The molecule has 1 atom stereocenters. The van der Waals surface area contributed by atoms with Gasteiger partial charge in [0, 0.05) is 13.1 Å². The minimum absolute atomic E-state index is 0.107. The minimum Gasteiger partial charge on any atom is -0.339 e. The third-order valence-corrected chi connectivity index (χ3v) is 2.88. The van der Waals surface area contributed by atoms with Gasteiger partial charge in [-0.05, 0) is 25.3 Å². The van der Waals surface area contributed by atoms with Crippen LogP contribution in [0, 0.1) is 5.92 Å². The molecule has 1 aromatic heterocycles. The second kappa shape index (κ2) is 4.52. The third-order valence-electron chi connectivity index (χ3n) is 2.88. The molecule has 1 fully saturated rings. The Morgan fingerprint density at radius 2 is 2.24 bits per heavy atom. The fraction of sp³-hybridized carbons (Fsp3) is 0.778. The zero-order chi connectivity index (χ0) is 12.5. The molecule has 17 heavy (non-hydrogen) atoms. The van der Waals surface area contributed by atoms with Crippen LogP contribution in [0.3, 0.4) is 0 Å². The Balaban J connectivity index is 2.09. The van der Waals surface area contributed by atoms with Crippen LogP contribution in [-0.2, 0) is 6.18 Å². The van der Waals surface area contributed by atoms with Crippen molar-refractivity contribution in [2.75, 3.05) is 24.5 Å². The summed E-state index contributed by atoms with van der Waals surface area (Å²) in [7, 11) is 0. The molecule has 0 spiro atoms. The summed E-state index contributed by atoms with van der Waals surface area (Å²) in [6.07, 6.45) is -2.57. The second-order valence-corrected chi connectivity index (χ2v) is 4.17. The van der Waals surface area contributed by atoms with Crippen LogP contribution < -0.4 is 10.6 Å². The van der Waals surface area contributed by atoms with Crippen LogP contribution in [0.4, 0.5) is 19.1 Å². The maximum atomic E-state index is 12.3. The molecule has 2 heterocycles. The summed E-state index contributed by atoms with van der Waals surface area (Å²) in [5, 5.41) is 5.52. The fourth-order valence-corrected chi connectivity index (χ4v) is 1.96. The third kappa shape index (κ3) is 2.68.